The number of hydrogen-bond acceptors (Lipinski definition) is 4. The Bertz CT molecular complexity index is 601. The molecular weight excluding hydrogens is 318 g/mol. The van der Waals surface area contributed by atoms with Crippen molar-refractivity contribution in [1.82, 2.24) is 5.32 Å². The van der Waals surface area contributed by atoms with E-state index in [9.17, 15) is 14.4 Å². The van der Waals surface area contributed by atoms with Crippen LogP contribution in [0.25, 0.3) is 0 Å². The molecule has 0 radical (unpaired) electrons. The smallest absolute Gasteiger partial charge is 0.344 e. The van der Waals surface area contributed by atoms with Crippen LogP contribution < -0.4 is 5.32 Å². The molecule has 2 saturated heterocycles. The number of ether oxygens (including phenoxy) is 1. The molecule has 2 fully saturated rings. The number of carbonyl (C=O) groups is 3. The van der Waals surface area contributed by atoms with Gasteiger partial charge in [0, 0.05) is 11.8 Å². The predicted molar refractivity (Wildman–Crippen MR) is 84.9 cm³/mol. The Morgan fingerprint density at radius 1 is 1.43 bits per heavy atom. The lowest BCUT2D eigenvalue weighted by molar-refractivity contribution is -0.218. The van der Waals surface area contributed by atoms with Gasteiger partial charge in [-0.15, -0.1) is 11.6 Å². The van der Waals surface area contributed by atoms with Crippen molar-refractivity contribution in [2.75, 3.05) is 5.88 Å². The molecule has 1 amide bonds. The largest absolute Gasteiger partial charge is 0.453 e. The van der Waals surface area contributed by atoms with E-state index in [2.05, 4.69) is 11.4 Å². The number of fused-ring (bicyclic) bond motifs is 1. The lowest BCUT2D eigenvalue weighted by Crippen LogP contribution is -2.78. The number of nitrogens with one attached hydrogen (secondary N) is 1. The average Bonchev–Trinajstić information content (AvgIpc) is 2.66. The lowest BCUT2D eigenvalue weighted by Gasteiger charge is -2.51. The van der Waals surface area contributed by atoms with E-state index < -0.39 is 23.0 Å². The van der Waals surface area contributed by atoms with Gasteiger partial charge < -0.3 is 10.1 Å². The van der Waals surface area contributed by atoms with E-state index in [1.54, 1.807) is 6.92 Å². The topological polar surface area (TPSA) is 72.5 Å². The van der Waals surface area contributed by atoms with Gasteiger partial charge in [0.15, 0.2) is 11.4 Å². The van der Waals surface area contributed by atoms with Crippen molar-refractivity contribution in [2.24, 2.45) is 11.8 Å². The van der Waals surface area contributed by atoms with E-state index >= 15 is 0 Å². The number of amides is 1. The number of alkyl halides is 1. The Labute approximate surface area is 140 Å². The molecule has 1 N–H and O–H groups in total. The molecule has 0 aromatic carbocycles. The minimum Gasteiger partial charge on any atom is -0.453 e. The van der Waals surface area contributed by atoms with Crippen LogP contribution in [0.4, 0.5) is 0 Å². The van der Waals surface area contributed by atoms with Gasteiger partial charge in [-0.25, -0.2) is 4.79 Å². The number of carbonyl (C=O) groups excluding carboxylic acids is 3. The van der Waals surface area contributed by atoms with Crippen LogP contribution in [0.1, 0.15) is 46.0 Å². The molecule has 5 nitrogen and oxygen atoms in total. The zero-order valence-electron chi connectivity index (χ0n) is 13.5. The quantitative estimate of drug-likeness (QED) is 0.368. The summed E-state index contributed by atoms with van der Waals surface area (Å²) in [6.45, 7) is 3.61. The van der Waals surface area contributed by atoms with Crippen LogP contribution in [-0.2, 0) is 19.1 Å². The SMILES string of the molecule is CC1=CCCCC[C@@H]1C(=O)[C@@]12NC(=O)[C@H](CCCl)[C@]1(C)OC2=O. The van der Waals surface area contributed by atoms with Gasteiger partial charge in [-0.05, 0) is 39.5 Å². The summed E-state index contributed by atoms with van der Waals surface area (Å²) in [5.41, 5.74) is -1.68. The van der Waals surface area contributed by atoms with Gasteiger partial charge in [-0.1, -0.05) is 18.1 Å². The third kappa shape index (κ3) is 2.09. The Morgan fingerprint density at radius 2 is 2.17 bits per heavy atom. The van der Waals surface area contributed by atoms with Crippen LogP contribution in [-0.4, -0.2) is 34.7 Å². The van der Waals surface area contributed by atoms with E-state index in [4.69, 9.17) is 16.3 Å². The highest BCUT2D eigenvalue weighted by atomic mass is 35.5. The Hall–Kier alpha value is -1.36. The summed E-state index contributed by atoms with van der Waals surface area (Å²) in [5.74, 6) is -1.80. The van der Waals surface area contributed by atoms with E-state index in [1.807, 2.05) is 6.92 Å². The fraction of sp³-hybridized carbons (Fsp3) is 0.706. The first-order chi connectivity index (χ1) is 10.9. The van der Waals surface area contributed by atoms with Crippen molar-refractivity contribution >= 4 is 29.3 Å². The zero-order chi connectivity index (χ0) is 16.8. The summed E-state index contributed by atoms with van der Waals surface area (Å²) in [5, 5.41) is 2.68. The third-order valence-corrected chi connectivity index (χ3v) is 5.91. The van der Waals surface area contributed by atoms with Crippen LogP contribution in [0.15, 0.2) is 11.6 Å². The molecule has 4 atom stereocenters. The number of halogens is 1. The Balaban J connectivity index is 1.98. The Kier molecular flexibility index (Phi) is 4.03. The molecule has 3 rings (SSSR count). The molecule has 126 valence electrons. The minimum absolute atomic E-state index is 0.225. The molecule has 6 heteroatoms. The molecule has 1 aliphatic carbocycles. The predicted octanol–water partition coefficient (Wildman–Crippen LogP) is 2.12. The molecule has 0 spiro atoms. The maximum atomic E-state index is 13.3. The fourth-order valence-corrected chi connectivity index (χ4v) is 4.46. The first kappa shape index (κ1) is 16.5. The number of esters is 1. The van der Waals surface area contributed by atoms with Crippen molar-refractivity contribution in [1.29, 1.82) is 0 Å². The van der Waals surface area contributed by atoms with Crippen LogP contribution in [0.5, 0.6) is 0 Å². The summed E-state index contributed by atoms with van der Waals surface area (Å²) in [4.78, 5) is 37.9. The van der Waals surface area contributed by atoms with E-state index in [0.717, 1.165) is 24.8 Å². The summed E-state index contributed by atoms with van der Waals surface area (Å²) in [6, 6.07) is 0. The first-order valence-electron chi connectivity index (χ1n) is 8.21. The molecule has 0 unspecified atom stereocenters. The van der Waals surface area contributed by atoms with Crippen LogP contribution >= 0.6 is 11.6 Å². The molecule has 2 heterocycles. The lowest BCUT2D eigenvalue weighted by atomic mass is 9.65. The molecular formula is C17H22ClNO4. The fourth-order valence-electron chi connectivity index (χ4n) is 4.25. The number of allylic oxidation sites excluding steroid dienone is 2. The van der Waals surface area contributed by atoms with Crippen LogP contribution in [0, 0.1) is 11.8 Å². The van der Waals surface area contributed by atoms with Gasteiger partial charge in [0.2, 0.25) is 11.4 Å². The molecule has 0 bridgehead atoms. The Morgan fingerprint density at radius 3 is 2.83 bits per heavy atom. The van der Waals surface area contributed by atoms with Crippen molar-refractivity contribution in [3.63, 3.8) is 0 Å². The highest BCUT2D eigenvalue weighted by Crippen LogP contribution is 2.52. The van der Waals surface area contributed by atoms with Crippen LogP contribution in [0.3, 0.4) is 0 Å². The summed E-state index contributed by atoms with van der Waals surface area (Å²) in [7, 11) is 0. The average molecular weight is 340 g/mol. The number of hydrogen-bond donors (Lipinski definition) is 1. The molecule has 3 aliphatic rings. The van der Waals surface area contributed by atoms with Gasteiger partial charge in [0.05, 0.1) is 5.92 Å². The number of ketones is 1. The molecule has 0 aromatic heterocycles. The van der Waals surface area contributed by atoms with E-state index in [-0.39, 0.29) is 23.5 Å². The number of Topliss-reactive ketones (excluding diaryl/α,β-unsaturated/α-hetero) is 1. The van der Waals surface area contributed by atoms with Gasteiger partial charge in [-0.3, -0.25) is 9.59 Å². The van der Waals surface area contributed by atoms with E-state index in [1.165, 1.54) is 0 Å². The second-order valence-corrected chi connectivity index (χ2v) is 7.29. The second kappa shape index (κ2) is 5.62. The van der Waals surface area contributed by atoms with Gasteiger partial charge in [0.25, 0.3) is 0 Å². The van der Waals surface area contributed by atoms with Crippen molar-refractivity contribution in [2.45, 2.75) is 57.1 Å². The highest BCUT2D eigenvalue weighted by molar-refractivity contribution is 6.21. The van der Waals surface area contributed by atoms with Crippen molar-refractivity contribution in [3.8, 4) is 0 Å². The highest BCUT2D eigenvalue weighted by Gasteiger charge is 2.80. The maximum Gasteiger partial charge on any atom is 0.344 e. The standard InChI is InChI=1S/C17H22ClNO4/c1-10-6-4-3-5-7-11(10)13(20)17-15(22)23-16(17,2)12(8-9-18)14(21)19-17/h6,11-12H,3-5,7-9H2,1-2H3,(H,19,21)/t11-,12-,16-,17-/m0/s1. The molecule has 0 aromatic rings. The number of rotatable bonds is 4. The second-order valence-electron chi connectivity index (χ2n) is 6.92. The monoisotopic (exact) mass is 339 g/mol. The minimum atomic E-state index is -1.54. The van der Waals surface area contributed by atoms with Crippen LogP contribution in [0.2, 0.25) is 0 Å². The third-order valence-electron chi connectivity index (χ3n) is 5.69. The van der Waals surface area contributed by atoms with Crippen molar-refractivity contribution < 1.29 is 19.1 Å². The summed E-state index contributed by atoms with van der Waals surface area (Å²) < 4.78 is 5.35. The molecule has 0 saturated carbocycles. The van der Waals surface area contributed by atoms with Gasteiger partial charge in [0.1, 0.15) is 0 Å². The van der Waals surface area contributed by atoms with Gasteiger partial charge in [-0.2, -0.15) is 0 Å². The molecule has 2 aliphatic heterocycles. The summed E-state index contributed by atoms with van der Waals surface area (Å²) in [6.07, 6.45) is 6.09. The van der Waals surface area contributed by atoms with E-state index in [0.29, 0.717) is 12.8 Å². The first-order valence-corrected chi connectivity index (χ1v) is 8.74. The molecule has 23 heavy (non-hydrogen) atoms. The maximum absolute atomic E-state index is 13.3. The van der Waals surface area contributed by atoms with Crippen molar-refractivity contribution in [3.05, 3.63) is 11.6 Å². The zero-order valence-corrected chi connectivity index (χ0v) is 14.2. The summed E-state index contributed by atoms with van der Waals surface area (Å²) >= 11 is 5.79. The van der Waals surface area contributed by atoms with Gasteiger partial charge >= 0.3 is 5.97 Å². The normalized spacial score (nSPS) is 39.5.